The molecule has 1 fully saturated rings. The van der Waals surface area contributed by atoms with E-state index in [1.807, 2.05) is 18.2 Å². The van der Waals surface area contributed by atoms with Crippen LogP contribution in [0.2, 0.25) is 0 Å². The number of halogens is 1. The number of ether oxygens (including phenoxy) is 2. The van der Waals surface area contributed by atoms with Crippen molar-refractivity contribution in [2.75, 3.05) is 51.8 Å². The molecule has 1 saturated heterocycles. The van der Waals surface area contributed by atoms with E-state index in [0.29, 0.717) is 23.0 Å². The minimum Gasteiger partial charge on any atom is -0.497 e. The van der Waals surface area contributed by atoms with Crippen LogP contribution in [0, 0.1) is 5.82 Å². The first-order valence-electron chi connectivity index (χ1n) is 11.4. The molecule has 3 heterocycles. The topological polar surface area (TPSA) is 63.9 Å². The molecule has 0 unspecified atom stereocenters. The molecule has 0 atom stereocenters. The Hall–Kier alpha value is -3.65. The van der Waals surface area contributed by atoms with Gasteiger partial charge in [0.2, 0.25) is 5.71 Å². The first-order chi connectivity index (χ1) is 16.6. The number of nitrogens with zero attached hydrogens (tertiary/aromatic N) is 4. The lowest BCUT2D eigenvalue weighted by atomic mass is 9.98. The number of methoxy groups -OCH3 is 2. The number of piperazine rings is 1. The average Bonchev–Trinajstić information content (AvgIpc) is 3.29. The van der Waals surface area contributed by atoms with Gasteiger partial charge in [-0.25, -0.2) is 14.4 Å². The summed E-state index contributed by atoms with van der Waals surface area (Å²) in [5, 5.41) is 0.816. The minimum atomic E-state index is -0.298. The van der Waals surface area contributed by atoms with E-state index in [0.717, 1.165) is 60.6 Å². The number of furan rings is 1. The largest absolute Gasteiger partial charge is 0.497 e. The van der Waals surface area contributed by atoms with E-state index in [9.17, 15) is 4.39 Å². The van der Waals surface area contributed by atoms with Gasteiger partial charge in [0, 0.05) is 43.4 Å². The van der Waals surface area contributed by atoms with Crippen molar-refractivity contribution >= 4 is 16.9 Å². The molecule has 176 valence electrons. The monoisotopic (exact) mass is 462 g/mol. The predicted molar refractivity (Wildman–Crippen MR) is 130 cm³/mol. The molecule has 4 aromatic rings. The fraction of sp³-hybridized carbons (Fsp3) is 0.308. The highest BCUT2D eigenvalue weighted by molar-refractivity contribution is 6.06. The normalized spacial score (nSPS) is 14.5. The molecule has 2 aromatic heterocycles. The second-order valence-electron chi connectivity index (χ2n) is 8.21. The van der Waals surface area contributed by atoms with Gasteiger partial charge in [-0.2, -0.15) is 0 Å². The van der Waals surface area contributed by atoms with Crippen LogP contribution < -0.4 is 14.4 Å². The van der Waals surface area contributed by atoms with Gasteiger partial charge in [0.1, 0.15) is 35.2 Å². The Balaban J connectivity index is 1.74. The van der Waals surface area contributed by atoms with Gasteiger partial charge in [-0.05, 0) is 36.4 Å². The fourth-order valence-electron chi connectivity index (χ4n) is 4.47. The van der Waals surface area contributed by atoms with Crippen LogP contribution in [0.5, 0.6) is 11.5 Å². The number of fused-ring (bicyclic) bond motifs is 1. The molecule has 1 aliphatic rings. The second-order valence-corrected chi connectivity index (χ2v) is 8.21. The molecule has 0 aliphatic carbocycles. The maximum Gasteiger partial charge on any atom is 0.232 e. The second kappa shape index (κ2) is 9.30. The number of hydrogen-bond acceptors (Lipinski definition) is 7. The Morgan fingerprint density at radius 3 is 2.21 bits per heavy atom. The van der Waals surface area contributed by atoms with Crippen molar-refractivity contribution < 1.29 is 18.3 Å². The minimum absolute atomic E-state index is 0.298. The van der Waals surface area contributed by atoms with Crippen LogP contribution in [0.25, 0.3) is 33.6 Å². The smallest absolute Gasteiger partial charge is 0.232 e. The number of rotatable bonds is 6. The Bertz CT molecular complexity index is 1280. The van der Waals surface area contributed by atoms with Gasteiger partial charge in [-0.1, -0.05) is 19.1 Å². The number of aromatic nitrogens is 2. The Morgan fingerprint density at radius 1 is 0.912 bits per heavy atom. The molecule has 34 heavy (non-hydrogen) atoms. The van der Waals surface area contributed by atoms with E-state index in [-0.39, 0.29) is 5.82 Å². The van der Waals surface area contributed by atoms with Crippen molar-refractivity contribution in [2.24, 2.45) is 0 Å². The van der Waals surface area contributed by atoms with E-state index in [2.05, 4.69) is 26.7 Å². The van der Waals surface area contributed by atoms with Gasteiger partial charge in [-0.15, -0.1) is 0 Å². The molecular weight excluding hydrogens is 435 g/mol. The molecule has 7 nitrogen and oxygen atoms in total. The highest BCUT2D eigenvalue weighted by Crippen LogP contribution is 2.45. The van der Waals surface area contributed by atoms with Crippen molar-refractivity contribution in [3.05, 3.63) is 54.6 Å². The van der Waals surface area contributed by atoms with Crippen LogP contribution in [-0.2, 0) is 0 Å². The Labute approximate surface area is 197 Å². The van der Waals surface area contributed by atoms with Crippen molar-refractivity contribution in [3.63, 3.8) is 0 Å². The van der Waals surface area contributed by atoms with E-state index >= 15 is 0 Å². The van der Waals surface area contributed by atoms with Crippen molar-refractivity contribution in [2.45, 2.75) is 6.92 Å². The molecular formula is C26H27FN4O3. The summed E-state index contributed by atoms with van der Waals surface area (Å²) >= 11 is 0. The summed E-state index contributed by atoms with van der Waals surface area (Å²) in [6.45, 7) is 6.85. The highest BCUT2D eigenvalue weighted by atomic mass is 19.1. The third-order valence-corrected chi connectivity index (χ3v) is 6.33. The lowest BCUT2D eigenvalue weighted by molar-refractivity contribution is 0.271. The SMILES string of the molecule is CCN1CCN(c2ncnc3oc(-c4cc(OC)cc(OC)c4)c(-c4ccc(F)cc4)c23)CC1. The molecule has 0 bridgehead atoms. The van der Waals surface area contributed by atoms with Gasteiger partial charge >= 0.3 is 0 Å². The standard InChI is InChI=1S/C26H27FN4O3/c1-4-30-9-11-31(12-10-30)25-23-22(17-5-7-19(27)8-6-17)24(34-26(23)29-16-28-25)18-13-20(32-2)15-21(14-18)33-3/h5-8,13-16H,4,9-12H2,1-3H3. The van der Waals surface area contributed by atoms with Crippen LogP contribution >= 0.6 is 0 Å². The zero-order chi connectivity index (χ0) is 23.7. The number of anilines is 1. The molecule has 0 saturated carbocycles. The van der Waals surface area contributed by atoms with Crippen molar-refractivity contribution in [1.82, 2.24) is 14.9 Å². The summed E-state index contributed by atoms with van der Waals surface area (Å²) in [6.07, 6.45) is 1.54. The average molecular weight is 463 g/mol. The molecule has 0 N–H and O–H groups in total. The van der Waals surface area contributed by atoms with Crippen LogP contribution in [0.15, 0.2) is 53.2 Å². The number of likely N-dealkylation sites (N-methyl/N-ethyl adjacent to an activating group) is 1. The lowest BCUT2D eigenvalue weighted by Crippen LogP contribution is -2.46. The van der Waals surface area contributed by atoms with Crippen molar-refractivity contribution in [1.29, 1.82) is 0 Å². The molecule has 1 aliphatic heterocycles. The summed E-state index contributed by atoms with van der Waals surface area (Å²) in [4.78, 5) is 13.8. The number of benzene rings is 2. The molecule has 0 amide bonds. The van der Waals surface area contributed by atoms with Crippen LogP contribution in [0.1, 0.15) is 6.92 Å². The summed E-state index contributed by atoms with van der Waals surface area (Å²) in [5.41, 5.74) is 2.90. The number of hydrogen-bond donors (Lipinski definition) is 0. The van der Waals surface area contributed by atoms with Crippen LogP contribution in [0.3, 0.4) is 0 Å². The molecule has 5 rings (SSSR count). The Kier molecular flexibility index (Phi) is 6.06. The van der Waals surface area contributed by atoms with Gasteiger partial charge in [0.15, 0.2) is 0 Å². The maximum atomic E-state index is 13.8. The van der Waals surface area contributed by atoms with Gasteiger partial charge in [0.05, 0.1) is 19.6 Å². The zero-order valence-corrected chi connectivity index (χ0v) is 19.5. The first-order valence-corrected chi connectivity index (χ1v) is 11.4. The summed E-state index contributed by atoms with van der Waals surface area (Å²) in [5.74, 6) is 2.41. The van der Waals surface area contributed by atoms with E-state index in [1.165, 1.54) is 18.5 Å². The Morgan fingerprint density at radius 2 is 1.59 bits per heavy atom. The van der Waals surface area contributed by atoms with E-state index in [1.54, 1.807) is 26.4 Å². The molecule has 2 aromatic carbocycles. The highest BCUT2D eigenvalue weighted by Gasteiger charge is 2.27. The molecule has 0 radical (unpaired) electrons. The van der Waals surface area contributed by atoms with Gasteiger partial charge in [-0.3, -0.25) is 0 Å². The van der Waals surface area contributed by atoms with E-state index in [4.69, 9.17) is 13.9 Å². The van der Waals surface area contributed by atoms with Crippen molar-refractivity contribution in [3.8, 4) is 33.9 Å². The first kappa shape index (κ1) is 22.2. The molecule has 8 heteroatoms. The van der Waals surface area contributed by atoms with Gasteiger partial charge in [0.25, 0.3) is 0 Å². The van der Waals surface area contributed by atoms with Gasteiger partial charge < -0.3 is 23.7 Å². The summed E-state index contributed by atoms with van der Waals surface area (Å²) in [6, 6.07) is 12.0. The predicted octanol–water partition coefficient (Wildman–Crippen LogP) is 4.86. The quantitative estimate of drug-likeness (QED) is 0.406. The third kappa shape index (κ3) is 4.05. The van der Waals surface area contributed by atoms with Crippen LogP contribution in [-0.4, -0.2) is 61.8 Å². The molecule has 0 spiro atoms. The van der Waals surface area contributed by atoms with E-state index < -0.39 is 0 Å². The maximum absolute atomic E-state index is 13.8. The summed E-state index contributed by atoms with van der Waals surface area (Å²) in [7, 11) is 3.22. The van der Waals surface area contributed by atoms with Crippen LogP contribution in [0.4, 0.5) is 10.2 Å². The lowest BCUT2D eigenvalue weighted by Gasteiger charge is -2.35. The third-order valence-electron chi connectivity index (χ3n) is 6.33. The zero-order valence-electron chi connectivity index (χ0n) is 19.5. The summed E-state index contributed by atoms with van der Waals surface area (Å²) < 4.78 is 31.1. The fourth-order valence-corrected chi connectivity index (χ4v) is 4.47.